The summed E-state index contributed by atoms with van der Waals surface area (Å²) in [7, 11) is 0. The van der Waals surface area contributed by atoms with Gasteiger partial charge in [-0.3, -0.25) is 4.79 Å². The van der Waals surface area contributed by atoms with Gasteiger partial charge in [-0.05, 0) is 13.8 Å². The normalized spacial score (nSPS) is 14.2. The lowest BCUT2D eigenvalue weighted by molar-refractivity contribution is -0.143. The molecule has 0 aliphatic carbocycles. The van der Waals surface area contributed by atoms with E-state index in [1.165, 1.54) is 13.0 Å². The fraction of sp³-hybridized carbons (Fsp3) is 0.714. The maximum Gasteiger partial charge on any atom is 0.323 e. The fourth-order valence-electron chi connectivity index (χ4n) is 0.445. The number of carbonyl (C=O) groups excluding carboxylic acids is 2. The third-order valence-corrected chi connectivity index (χ3v) is 1.24. The van der Waals surface area contributed by atoms with Crippen LogP contribution in [0.3, 0.4) is 0 Å². The molecule has 0 radical (unpaired) electrons. The van der Waals surface area contributed by atoms with Crippen LogP contribution in [0.25, 0.3) is 0 Å². The van der Waals surface area contributed by atoms with Crippen molar-refractivity contribution >= 4 is 23.7 Å². The van der Waals surface area contributed by atoms with E-state index in [9.17, 15) is 9.59 Å². The highest BCUT2D eigenvalue weighted by atomic mass is 35.5. The zero-order valence-electron chi connectivity index (χ0n) is 6.91. The Morgan fingerprint density at radius 3 is 2.67 bits per heavy atom. The number of hydrogen-bond donors (Lipinski definition) is 0. The van der Waals surface area contributed by atoms with Crippen molar-refractivity contribution in [2.75, 3.05) is 6.61 Å². The van der Waals surface area contributed by atoms with E-state index < -0.39 is 11.3 Å². The van der Waals surface area contributed by atoms with Gasteiger partial charge >= 0.3 is 5.97 Å². The lowest BCUT2D eigenvalue weighted by atomic mass is 10.4. The van der Waals surface area contributed by atoms with Crippen molar-refractivity contribution in [3.63, 3.8) is 0 Å². The minimum Gasteiger partial charge on any atom is -0.462 e. The van der Waals surface area contributed by atoms with Crippen LogP contribution in [0.15, 0.2) is 4.99 Å². The Morgan fingerprint density at radius 1 is 1.67 bits per heavy atom. The minimum atomic E-state index is -0.669. The summed E-state index contributed by atoms with van der Waals surface area (Å²) in [5.41, 5.74) is 0. The van der Waals surface area contributed by atoms with E-state index in [0.717, 1.165) is 0 Å². The summed E-state index contributed by atoms with van der Waals surface area (Å²) in [5, 5.41) is -0.669. The molecule has 0 heterocycles. The second kappa shape index (κ2) is 5.75. The molecule has 0 aromatic heterocycles. The number of esters is 1. The van der Waals surface area contributed by atoms with Gasteiger partial charge < -0.3 is 4.74 Å². The van der Waals surface area contributed by atoms with Crippen LogP contribution >= 0.6 is 11.6 Å². The van der Waals surface area contributed by atoms with Gasteiger partial charge in [-0.25, -0.2) is 4.79 Å². The summed E-state index contributed by atoms with van der Waals surface area (Å²) >= 11 is 5.41. The molecule has 0 aliphatic heterocycles. The van der Waals surface area contributed by atoms with Crippen LogP contribution in [0, 0.1) is 0 Å². The molecule has 0 aromatic rings. The monoisotopic (exact) mass is 191 g/mol. The first-order chi connectivity index (χ1) is 5.57. The van der Waals surface area contributed by atoms with E-state index >= 15 is 0 Å². The van der Waals surface area contributed by atoms with Crippen molar-refractivity contribution in [2.24, 2.45) is 4.99 Å². The molecule has 2 atom stereocenters. The van der Waals surface area contributed by atoms with Crippen molar-refractivity contribution < 1.29 is 14.3 Å². The van der Waals surface area contributed by atoms with Gasteiger partial charge in [-0.15, -0.1) is 11.6 Å². The van der Waals surface area contributed by atoms with Gasteiger partial charge in [0, 0.05) is 0 Å². The summed E-state index contributed by atoms with van der Waals surface area (Å²) in [6, 6.07) is -0.359. The van der Waals surface area contributed by atoms with Crippen LogP contribution < -0.4 is 0 Å². The van der Waals surface area contributed by atoms with Gasteiger partial charge in [-0.2, -0.15) is 4.99 Å². The molecular formula is C7H10ClNO3. The van der Waals surface area contributed by atoms with E-state index in [-0.39, 0.29) is 12.6 Å². The van der Waals surface area contributed by atoms with Crippen molar-refractivity contribution in [3.05, 3.63) is 0 Å². The van der Waals surface area contributed by atoms with Crippen LogP contribution in [-0.4, -0.2) is 30.1 Å². The molecule has 2 unspecified atom stereocenters. The number of hydrogen-bond acceptors (Lipinski definition) is 4. The highest BCUT2D eigenvalue weighted by Crippen LogP contribution is 1.98. The van der Waals surface area contributed by atoms with Gasteiger partial charge in [0.25, 0.3) is 0 Å². The fourth-order valence-corrected chi connectivity index (χ4v) is 0.508. The largest absolute Gasteiger partial charge is 0.462 e. The topological polar surface area (TPSA) is 55.7 Å². The predicted octanol–water partition coefficient (Wildman–Crippen LogP) is 0.881. The number of ether oxygens (including phenoxy) is 1. The summed E-state index contributed by atoms with van der Waals surface area (Å²) in [4.78, 5) is 23.8. The summed E-state index contributed by atoms with van der Waals surface area (Å²) in [5.74, 6) is -0.510. The molecule has 0 spiro atoms. The maximum absolute atomic E-state index is 10.8. The first-order valence-electron chi connectivity index (χ1n) is 3.45. The third-order valence-electron chi connectivity index (χ3n) is 1.06. The Kier molecular flexibility index (Phi) is 5.34. The summed E-state index contributed by atoms with van der Waals surface area (Å²) in [6.45, 7) is 3.21. The number of isocyanates is 1. The van der Waals surface area contributed by atoms with Crippen LogP contribution in [0.1, 0.15) is 13.8 Å². The van der Waals surface area contributed by atoms with Crippen molar-refractivity contribution in [1.29, 1.82) is 0 Å². The maximum atomic E-state index is 10.8. The Balaban J connectivity index is 3.68. The Hall–Kier alpha value is -0.860. The smallest absolute Gasteiger partial charge is 0.323 e. The highest BCUT2D eigenvalue weighted by Gasteiger charge is 2.11. The molecule has 0 saturated carbocycles. The van der Waals surface area contributed by atoms with Gasteiger partial charge in [-0.1, -0.05) is 0 Å². The Bertz CT molecular complexity index is 199. The molecule has 0 bridgehead atoms. The zero-order chi connectivity index (χ0) is 9.56. The van der Waals surface area contributed by atoms with Crippen molar-refractivity contribution in [1.82, 2.24) is 0 Å². The molecule has 0 fully saturated rings. The standard InChI is InChI=1S/C7H10ClNO3/c1-5(9-4-10)3-12-7(11)6(2)8/h5-6H,3H2,1-2H3. The first kappa shape index (κ1) is 11.1. The average molecular weight is 192 g/mol. The molecule has 4 nitrogen and oxygen atoms in total. The molecule has 0 N–H and O–H groups in total. The number of alkyl halides is 1. The summed E-state index contributed by atoms with van der Waals surface area (Å²) in [6.07, 6.45) is 1.37. The molecule has 12 heavy (non-hydrogen) atoms. The van der Waals surface area contributed by atoms with Crippen LogP contribution in [-0.2, 0) is 14.3 Å². The minimum absolute atomic E-state index is 0.0606. The zero-order valence-corrected chi connectivity index (χ0v) is 7.67. The summed E-state index contributed by atoms with van der Waals surface area (Å²) < 4.78 is 4.67. The molecule has 0 saturated heterocycles. The van der Waals surface area contributed by atoms with Gasteiger partial charge in [0.15, 0.2) is 0 Å². The van der Waals surface area contributed by atoms with Gasteiger partial charge in [0.1, 0.15) is 12.0 Å². The molecule has 68 valence electrons. The molecule has 0 aliphatic rings. The number of halogens is 1. The van der Waals surface area contributed by atoms with Gasteiger partial charge in [0.05, 0.1) is 6.04 Å². The molecule has 0 amide bonds. The van der Waals surface area contributed by atoms with Crippen LogP contribution in [0.5, 0.6) is 0 Å². The van der Waals surface area contributed by atoms with E-state index in [1.54, 1.807) is 6.92 Å². The highest BCUT2D eigenvalue weighted by molar-refractivity contribution is 6.29. The molecular weight excluding hydrogens is 182 g/mol. The SMILES string of the molecule is CC(COC(=O)C(C)Cl)N=C=O. The van der Waals surface area contributed by atoms with Crippen molar-refractivity contribution in [2.45, 2.75) is 25.3 Å². The lowest BCUT2D eigenvalue weighted by Crippen LogP contribution is -2.19. The van der Waals surface area contributed by atoms with Crippen LogP contribution in [0.2, 0.25) is 0 Å². The number of aliphatic imine (C=N–C) groups is 1. The van der Waals surface area contributed by atoms with Crippen molar-refractivity contribution in [3.8, 4) is 0 Å². The molecule has 0 rings (SSSR count). The van der Waals surface area contributed by atoms with E-state index in [2.05, 4.69) is 9.73 Å². The lowest BCUT2D eigenvalue weighted by Gasteiger charge is -2.06. The second-order valence-corrected chi connectivity index (χ2v) is 2.97. The van der Waals surface area contributed by atoms with E-state index in [1.807, 2.05) is 0 Å². The second-order valence-electron chi connectivity index (χ2n) is 2.32. The van der Waals surface area contributed by atoms with E-state index in [4.69, 9.17) is 11.6 Å². The average Bonchev–Trinajstić information content (AvgIpc) is 2.00. The number of rotatable bonds is 4. The number of carbonyl (C=O) groups is 1. The molecule has 5 heteroatoms. The van der Waals surface area contributed by atoms with Crippen LogP contribution in [0.4, 0.5) is 0 Å². The quantitative estimate of drug-likeness (QED) is 0.287. The predicted molar refractivity (Wildman–Crippen MR) is 43.9 cm³/mol. The van der Waals surface area contributed by atoms with Gasteiger partial charge in [0.2, 0.25) is 6.08 Å². The Labute approximate surface area is 75.6 Å². The molecule has 0 aromatic carbocycles. The van der Waals surface area contributed by atoms with E-state index in [0.29, 0.717) is 0 Å². The Morgan fingerprint density at radius 2 is 2.25 bits per heavy atom. The first-order valence-corrected chi connectivity index (χ1v) is 3.89. The number of nitrogens with zero attached hydrogens (tertiary/aromatic N) is 1. The third kappa shape index (κ3) is 4.88.